The summed E-state index contributed by atoms with van der Waals surface area (Å²) in [5.74, 6) is -0.130. The largest absolute Gasteiger partial charge is 0.480 e. The zero-order chi connectivity index (χ0) is 12.7. The third-order valence-corrected chi connectivity index (χ3v) is 3.67. The smallest absolute Gasteiger partial charge is 0.320 e. The third kappa shape index (κ3) is 4.35. The number of carboxylic acid groups (broad SMARTS) is 1. The number of likely N-dealkylation sites (tertiary alicyclic amines) is 1. The molecule has 1 fully saturated rings. The molecule has 0 amide bonds. The molecule has 0 aromatic rings. The Hall–Kier alpha value is -1.08. The van der Waals surface area contributed by atoms with Gasteiger partial charge in [0.05, 0.1) is 6.07 Å². The van der Waals surface area contributed by atoms with Crippen LogP contribution in [-0.2, 0) is 4.79 Å². The molecule has 4 heteroatoms. The molecule has 1 aliphatic heterocycles. The van der Waals surface area contributed by atoms with Gasteiger partial charge in [0.25, 0.3) is 0 Å². The number of hydrogen-bond acceptors (Lipinski definition) is 3. The lowest BCUT2D eigenvalue weighted by Crippen LogP contribution is -2.47. The van der Waals surface area contributed by atoms with Gasteiger partial charge in [-0.15, -0.1) is 0 Å². The SMILES string of the molecule is CCC1CCN(CCCCC#N)C(C(=O)O)C1. The predicted octanol–water partition coefficient (Wildman–Crippen LogP) is 2.26. The van der Waals surface area contributed by atoms with Gasteiger partial charge in [-0.3, -0.25) is 9.69 Å². The first-order valence-corrected chi connectivity index (χ1v) is 6.52. The molecule has 0 aromatic carbocycles. The van der Waals surface area contributed by atoms with Crippen molar-refractivity contribution in [2.75, 3.05) is 13.1 Å². The van der Waals surface area contributed by atoms with Crippen LogP contribution in [0.4, 0.5) is 0 Å². The molecular formula is C13H22N2O2. The van der Waals surface area contributed by atoms with E-state index in [9.17, 15) is 9.90 Å². The molecule has 0 spiro atoms. The van der Waals surface area contributed by atoms with Gasteiger partial charge in [0.1, 0.15) is 6.04 Å². The molecular weight excluding hydrogens is 216 g/mol. The summed E-state index contributed by atoms with van der Waals surface area (Å²) in [5.41, 5.74) is 0. The van der Waals surface area contributed by atoms with E-state index in [1.807, 2.05) is 0 Å². The number of aliphatic carboxylic acids is 1. The van der Waals surface area contributed by atoms with Crippen LogP contribution in [-0.4, -0.2) is 35.1 Å². The standard InChI is InChI=1S/C13H22N2O2/c1-2-11-6-9-15(8-5-3-4-7-14)12(10-11)13(16)17/h11-12H,2-6,8-10H2,1H3,(H,16,17). The van der Waals surface area contributed by atoms with E-state index in [4.69, 9.17) is 5.26 Å². The first-order valence-electron chi connectivity index (χ1n) is 6.52. The van der Waals surface area contributed by atoms with E-state index in [-0.39, 0.29) is 6.04 Å². The molecule has 96 valence electrons. The maximum absolute atomic E-state index is 11.2. The van der Waals surface area contributed by atoms with E-state index in [1.165, 1.54) is 0 Å². The molecule has 1 N–H and O–H groups in total. The van der Waals surface area contributed by atoms with Gasteiger partial charge in [0.15, 0.2) is 0 Å². The maximum Gasteiger partial charge on any atom is 0.320 e. The second-order valence-corrected chi connectivity index (χ2v) is 4.80. The van der Waals surface area contributed by atoms with E-state index in [0.717, 1.165) is 45.2 Å². The Balaban J connectivity index is 2.41. The Bertz CT molecular complexity index is 286. The number of carbonyl (C=O) groups is 1. The minimum Gasteiger partial charge on any atom is -0.480 e. The number of rotatable bonds is 6. The molecule has 1 rings (SSSR count). The molecule has 1 heterocycles. The van der Waals surface area contributed by atoms with Gasteiger partial charge in [0, 0.05) is 6.42 Å². The van der Waals surface area contributed by atoms with Crippen molar-refractivity contribution in [3.63, 3.8) is 0 Å². The second kappa shape index (κ2) is 7.29. The summed E-state index contributed by atoms with van der Waals surface area (Å²) in [4.78, 5) is 13.3. The number of nitrogens with zero attached hydrogens (tertiary/aromatic N) is 2. The molecule has 2 atom stereocenters. The quantitative estimate of drug-likeness (QED) is 0.721. The van der Waals surface area contributed by atoms with Crippen LogP contribution in [0, 0.1) is 17.2 Å². The molecule has 0 bridgehead atoms. The van der Waals surface area contributed by atoms with Crippen LogP contribution in [0.15, 0.2) is 0 Å². The summed E-state index contributed by atoms with van der Waals surface area (Å²) in [7, 11) is 0. The van der Waals surface area contributed by atoms with Gasteiger partial charge in [-0.25, -0.2) is 0 Å². The minimum atomic E-state index is -0.691. The Morgan fingerprint density at radius 1 is 1.53 bits per heavy atom. The highest BCUT2D eigenvalue weighted by atomic mass is 16.4. The van der Waals surface area contributed by atoms with E-state index in [0.29, 0.717) is 12.3 Å². The van der Waals surface area contributed by atoms with E-state index < -0.39 is 5.97 Å². The van der Waals surface area contributed by atoms with Crippen LogP contribution in [0.5, 0.6) is 0 Å². The van der Waals surface area contributed by atoms with Crippen LogP contribution in [0.3, 0.4) is 0 Å². The highest BCUT2D eigenvalue weighted by molar-refractivity contribution is 5.73. The van der Waals surface area contributed by atoms with Crippen LogP contribution in [0.1, 0.15) is 45.4 Å². The molecule has 0 saturated carbocycles. The van der Waals surface area contributed by atoms with Crippen LogP contribution >= 0.6 is 0 Å². The van der Waals surface area contributed by atoms with Crippen molar-refractivity contribution < 1.29 is 9.90 Å². The Kier molecular flexibility index (Phi) is 5.99. The van der Waals surface area contributed by atoms with Gasteiger partial charge in [-0.2, -0.15) is 5.26 Å². The topological polar surface area (TPSA) is 64.3 Å². The molecule has 2 unspecified atom stereocenters. The van der Waals surface area contributed by atoms with Crippen molar-refractivity contribution in [3.05, 3.63) is 0 Å². The molecule has 4 nitrogen and oxygen atoms in total. The number of piperidine rings is 1. The van der Waals surface area contributed by atoms with Crippen LogP contribution in [0.25, 0.3) is 0 Å². The summed E-state index contributed by atoms with van der Waals surface area (Å²) in [6.07, 6.45) is 5.34. The molecule has 0 radical (unpaired) electrons. The summed E-state index contributed by atoms with van der Waals surface area (Å²) in [6.45, 7) is 3.84. The van der Waals surface area contributed by atoms with Gasteiger partial charge in [-0.05, 0) is 44.7 Å². The van der Waals surface area contributed by atoms with E-state index >= 15 is 0 Å². The Morgan fingerprint density at radius 2 is 2.29 bits per heavy atom. The third-order valence-electron chi connectivity index (χ3n) is 3.67. The van der Waals surface area contributed by atoms with Gasteiger partial charge in [-0.1, -0.05) is 13.3 Å². The number of hydrogen-bond donors (Lipinski definition) is 1. The van der Waals surface area contributed by atoms with Crippen LogP contribution in [0.2, 0.25) is 0 Å². The summed E-state index contributed by atoms with van der Waals surface area (Å²) in [5, 5.41) is 17.7. The van der Waals surface area contributed by atoms with Gasteiger partial charge < -0.3 is 5.11 Å². The molecule has 0 aromatic heterocycles. The fourth-order valence-electron chi connectivity index (χ4n) is 2.50. The lowest BCUT2D eigenvalue weighted by atomic mass is 9.89. The van der Waals surface area contributed by atoms with E-state index in [1.54, 1.807) is 0 Å². The van der Waals surface area contributed by atoms with Crippen molar-refractivity contribution in [2.24, 2.45) is 5.92 Å². The van der Waals surface area contributed by atoms with Gasteiger partial charge >= 0.3 is 5.97 Å². The highest BCUT2D eigenvalue weighted by Crippen LogP contribution is 2.25. The highest BCUT2D eigenvalue weighted by Gasteiger charge is 2.31. The zero-order valence-corrected chi connectivity index (χ0v) is 10.6. The second-order valence-electron chi connectivity index (χ2n) is 4.80. The van der Waals surface area contributed by atoms with Crippen molar-refractivity contribution in [2.45, 2.75) is 51.5 Å². The van der Waals surface area contributed by atoms with Gasteiger partial charge in [0.2, 0.25) is 0 Å². The first kappa shape index (κ1) is 14.0. The van der Waals surface area contributed by atoms with Crippen molar-refractivity contribution in [3.8, 4) is 6.07 Å². The van der Waals surface area contributed by atoms with E-state index in [2.05, 4.69) is 17.9 Å². The first-order chi connectivity index (χ1) is 8.19. The molecule has 1 aliphatic rings. The summed E-state index contributed by atoms with van der Waals surface area (Å²) in [6, 6.07) is 1.81. The molecule has 17 heavy (non-hydrogen) atoms. The Morgan fingerprint density at radius 3 is 2.88 bits per heavy atom. The average Bonchev–Trinajstić information content (AvgIpc) is 2.34. The monoisotopic (exact) mass is 238 g/mol. The fourth-order valence-corrected chi connectivity index (χ4v) is 2.50. The lowest BCUT2D eigenvalue weighted by molar-refractivity contribution is -0.145. The average molecular weight is 238 g/mol. The number of nitriles is 1. The molecule has 0 aliphatic carbocycles. The zero-order valence-electron chi connectivity index (χ0n) is 10.6. The summed E-state index contributed by atoms with van der Waals surface area (Å²) >= 11 is 0. The van der Waals surface area contributed by atoms with Crippen molar-refractivity contribution in [1.29, 1.82) is 5.26 Å². The minimum absolute atomic E-state index is 0.309. The lowest BCUT2D eigenvalue weighted by Gasteiger charge is -2.36. The van der Waals surface area contributed by atoms with Crippen molar-refractivity contribution in [1.82, 2.24) is 4.90 Å². The number of unbranched alkanes of at least 4 members (excludes halogenated alkanes) is 2. The maximum atomic E-state index is 11.2. The number of carboxylic acids is 1. The summed E-state index contributed by atoms with van der Waals surface area (Å²) < 4.78 is 0. The Labute approximate surface area is 103 Å². The van der Waals surface area contributed by atoms with Crippen molar-refractivity contribution >= 4 is 5.97 Å². The molecule has 1 saturated heterocycles. The normalized spacial score (nSPS) is 25.4. The predicted molar refractivity (Wildman–Crippen MR) is 65.5 cm³/mol. The van der Waals surface area contributed by atoms with Crippen LogP contribution < -0.4 is 0 Å². The fraction of sp³-hybridized carbons (Fsp3) is 0.846.